The monoisotopic (exact) mass is 414 g/mol. The minimum absolute atomic E-state index is 0.0246. The number of fused-ring (bicyclic) bond motifs is 1. The van der Waals surface area contributed by atoms with Gasteiger partial charge in [0.15, 0.2) is 0 Å². The summed E-state index contributed by atoms with van der Waals surface area (Å²) in [5.74, 6) is 2.21. The summed E-state index contributed by atoms with van der Waals surface area (Å²) in [5, 5.41) is 0. The van der Waals surface area contributed by atoms with Crippen molar-refractivity contribution in [3.63, 3.8) is 0 Å². The fourth-order valence-electron chi connectivity index (χ4n) is 4.34. The van der Waals surface area contributed by atoms with E-state index in [1.165, 1.54) is 0 Å². The quantitative estimate of drug-likeness (QED) is 0.801. The Morgan fingerprint density at radius 2 is 1.97 bits per heavy atom. The number of H-pyrrole nitrogens is 1. The first kappa shape index (κ1) is 20.7. The first-order valence-electron chi connectivity index (χ1n) is 10.4. The number of hydrogen-bond acceptors (Lipinski definition) is 7. The fourth-order valence-corrected chi connectivity index (χ4v) is 4.34. The lowest BCUT2D eigenvalue weighted by atomic mass is 10.1. The van der Waals surface area contributed by atoms with Crippen LogP contribution in [0.5, 0.6) is 11.5 Å². The summed E-state index contributed by atoms with van der Waals surface area (Å²) in [7, 11) is 3.31. The van der Waals surface area contributed by atoms with Gasteiger partial charge in [-0.3, -0.25) is 14.7 Å². The molecule has 1 N–H and O–H groups in total. The fraction of sp³-hybridized carbons (Fsp3) is 0.545. The second kappa shape index (κ2) is 8.65. The molecule has 30 heavy (non-hydrogen) atoms. The molecule has 0 aliphatic carbocycles. The number of nitrogens with zero attached hydrogens (tertiary/aromatic N) is 3. The molecule has 0 unspecified atom stereocenters. The van der Waals surface area contributed by atoms with Crippen molar-refractivity contribution < 1.29 is 14.2 Å². The highest BCUT2D eigenvalue weighted by atomic mass is 16.5. The lowest BCUT2D eigenvalue weighted by Crippen LogP contribution is -2.47. The Morgan fingerprint density at radius 1 is 1.20 bits per heavy atom. The molecule has 3 heterocycles. The highest BCUT2D eigenvalue weighted by Crippen LogP contribution is 2.27. The molecule has 2 aliphatic rings. The third-order valence-electron chi connectivity index (χ3n) is 5.75. The van der Waals surface area contributed by atoms with Crippen LogP contribution in [0.1, 0.15) is 30.7 Å². The minimum atomic E-state index is -0.0246. The Balaban J connectivity index is 1.55. The van der Waals surface area contributed by atoms with Gasteiger partial charge in [0.1, 0.15) is 11.5 Å². The lowest BCUT2D eigenvalue weighted by molar-refractivity contribution is -0.00576. The molecule has 8 nitrogen and oxygen atoms in total. The van der Waals surface area contributed by atoms with Crippen LogP contribution >= 0.6 is 0 Å². The van der Waals surface area contributed by atoms with Crippen LogP contribution < -0.4 is 19.9 Å². The van der Waals surface area contributed by atoms with Gasteiger partial charge < -0.3 is 19.1 Å². The van der Waals surface area contributed by atoms with Gasteiger partial charge >= 0.3 is 0 Å². The van der Waals surface area contributed by atoms with Gasteiger partial charge in [0.2, 0.25) is 5.95 Å². The number of hydrogen-bond donors (Lipinski definition) is 1. The first-order chi connectivity index (χ1) is 14.5. The smallest absolute Gasteiger partial charge is 0.255 e. The Morgan fingerprint density at radius 3 is 2.67 bits per heavy atom. The van der Waals surface area contributed by atoms with Gasteiger partial charge in [-0.15, -0.1) is 0 Å². The number of anilines is 1. The van der Waals surface area contributed by atoms with Crippen molar-refractivity contribution in [2.45, 2.75) is 45.6 Å². The largest absolute Gasteiger partial charge is 0.497 e. The highest BCUT2D eigenvalue weighted by molar-refractivity contribution is 5.41. The maximum atomic E-state index is 12.7. The molecular formula is C22H30N4O4. The summed E-state index contributed by atoms with van der Waals surface area (Å²) in [6.45, 7) is 7.70. The molecule has 4 rings (SSSR count). The molecule has 1 aromatic carbocycles. The number of nitrogens with one attached hydrogen (secondary N) is 1. The van der Waals surface area contributed by atoms with Gasteiger partial charge in [-0.2, -0.15) is 0 Å². The van der Waals surface area contributed by atoms with Crippen molar-refractivity contribution >= 4 is 5.95 Å². The number of morpholine rings is 1. The van der Waals surface area contributed by atoms with Crippen molar-refractivity contribution in [1.82, 2.24) is 14.9 Å². The van der Waals surface area contributed by atoms with Crippen LogP contribution in [-0.2, 0) is 24.2 Å². The van der Waals surface area contributed by atoms with Crippen molar-refractivity contribution in [3.05, 3.63) is 45.4 Å². The molecule has 0 bridgehead atoms. The summed E-state index contributed by atoms with van der Waals surface area (Å²) in [6, 6.07) is 5.87. The third-order valence-corrected chi connectivity index (χ3v) is 5.75. The van der Waals surface area contributed by atoms with Crippen LogP contribution in [-0.4, -0.2) is 60.9 Å². The van der Waals surface area contributed by atoms with Gasteiger partial charge in [-0.1, -0.05) is 6.07 Å². The van der Waals surface area contributed by atoms with E-state index >= 15 is 0 Å². The van der Waals surface area contributed by atoms with Crippen LogP contribution in [0.2, 0.25) is 0 Å². The second-order valence-electron chi connectivity index (χ2n) is 8.12. The predicted molar refractivity (Wildman–Crippen MR) is 114 cm³/mol. The molecule has 2 aromatic rings. The second-order valence-corrected chi connectivity index (χ2v) is 8.12. The zero-order valence-corrected chi connectivity index (χ0v) is 18.1. The van der Waals surface area contributed by atoms with Crippen molar-refractivity contribution in [2.24, 2.45) is 0 Å². The van der Waals surface area contributed by atoms with Crippen LogP contribution in [0.25, 0.3) is 0 Å². The van der Waals surface area contributed by atoms with E-state index < -0.39 is 0 Å². The predicted octanol–water partition coefficient (Wildman–Crippen LogP) is 1.96. The standard InChI is InChI=1S/C22H30N4O4/c1-14-10-26(11-15(2)30-14)22-23-19-13-25(8-7-18(19)21(27)24-22)12-16-5-6-17(28-3)9-20(16)29-4/h5-6,9,14-15H,7-8,10-13H2,1-4H3,(H,23,24,27)/t14-,15-/m0/s1. The number of benzene rings is 1. The van der Waals surface area contributed by atoms with E-state index in [0.29, 0.717) is 18.9 Å². The Labute approximate surface area is 176 Å². The highest BCUT2D eigenvalue weighted by Gasteiger charge is 2.27. The van der Waals surface area contributed by atoms with Gasteiger partial charge in [0, 0.05) is 49.9 Å². The summed E-state index contributed by atoms with van der Waals surface area (Å²) >= 11 is 0. The zero-order valence-electron chi connectivity index (χ0n) is 18.1. The van der Waals surface area contributed by atoms with Gasteiger partial charge in [0.05, 0.1) is 32.1 Å². The van der Waals surface area contributed by atoms with Crippen LogP contribution in [0.4, 0.5) is 5.95 Å². The zero-order chi connectivity index (χ0) is 21.3. The average Bonchev–Trinajstić information content (AvgIpc) is 2.73. The summed E-state index contributed by atoms with van der Waals surface area (Å²) in [5.41, 5.74) is 2.72. The third kappa shape index (κ3) is 4.29. The number of methoxy groups -OCH3 is 2. The van der Waals surface area contributed by atoms with Crippen molar-refractivity contribution in [2.75, 3.05) is 38.8 Å². The van der Waals surface area contributed by atoms with E-state index in [0.717, 1.165) is 54.5 Å². The van der Waals surface area contributed by atoms with Crippen LogP contribution in [0, 0.1) is 0 Å². The van der Waals surface area contributed by atoms with Crippen LogP contribution in [0.3, 0.4) is 0 Å². The summed E-state index contributed by atoms with van der Waals surface area (Å²) in [6.07, 6.45) is 0.898. The van der Waals surface area contributed by atoms with Crippen molar-refractivity contribution in [3.8, 4) is 11.5 Å². The molecule has 2 atom stereocenters. The van der Waals surface area contributed by atoms with Crippen LogP contribution in [0.15, 0.2) is 23.0 Å². The molecule has 0 amide bonds. The molecule has 162 valence electrons. The van der Waals surface area contributed by atoms with E-state index in [4.69, 9.17) is 19.2 Å². The lowest BCUT2D eigenvalue weighted by Gasteiger charge is -2.36. The normalized spacial score (nSPS) is 21.9. The molecule has 0 saturated carbocycles. The molecule has 1 fully saturated rings. The first-order valence-corrected chi connectivity index (χ1v) is 10.4. The number of aromatic amines is 1. The van der Waals surface area contributed by atoms with E-state index in [9.17, 15) is 4.79 Å². The average molecular weight is 415 g/mol. The van der Waals surface area contributed by atoms with Gasteiger partial charge in [-0.25, -0.2) is 4.98 Å². The number of ether oxygens (including phenoxy) is 3. The number of aromatic nitrogens is 2. The maximum absolute atomic E-state index is 12.7. The van der Waals surface area contributed by atoms with Gasteiger partial charge in [-0.05, 0) is 26.3 Å². The molecular weight excluding hydrogens is 384 g/mol. The number of rotatable bonds is 5. The summed E-state index contributed by atoms with van der Waals surface area (Å²) < 4.78 is 16.6. The summed E-state index contributed by atoms with van der Waals surface area (Å²) in [4.78, 5) is 25.0. The molecule has 2 aliphatic heterocycles. The Bertz CT molecular complexity index is 951. The van der Waals surface area contributed by atoms with E-state index in [-0.39, 0.29) is 17.8 Å². The Kier molecular flexibility index (Phi) is 5.97. The van der Waals surface area contributed by atoms with Crippen molar-refractivity contribution in [1.29, 1.82) is 0 Å². The van der Waals surface area contributed by atoms with E-state index in [2.05, 4.69) is 14.8 Å². The molecule has 0 radical (unpaired) electrons. The topological polar surface area (TPSA) is 79.9 Å². The maximum Gasteiger partial charge on any atom is 0.255 e. The Hall–Kier alpha value is -2.58. The molecule has 8 heteroatoms. The van der Waals surface area contributed by atoms with E-state index in [1.54, 1.807) is 14.2 Å². The minimum Gasteiger partial charge on any atom is -0.497 e. The van der Waals surface area contributed by atoms with E-state index in [1.807, 2.05) is 32.0 Å². The SMILES string of the molecule is COc1ccc(CN2CCc3c(nc(N4C[C@H](C)O[C@@H](C)C4)[nH]c3=O)C2)c(OC)c1. The molecule has 0 spiro atoms. The van der Waals surface area contributed by atoms with Gasteiger partial charge in [0.25, 0.3) is 5.56 Å². The molecule has 1 aromatic heterocycles. The molecule has 1 saturated heterocycles.